The standard InChI is InChI=1S/C10H5BrN2O2S/c11-5-2-1-3-13-6-4-7(10(14)15)16-9(6)12-8(5)13/h1-4H,(H,14,15). The van der Waals surface area contributed by atoms with Crippen LogP contribution in [0.25, 0.3) is 16.0 Å². The number of carboxylic acid groups (broad SMARTS) is 1. The monoisotopic (exact) mass is 296 g/mol. The lowest BCUT2D eigenvalue weighted by molar-refractivity contribution is 0.0702. The minimum Gasteiger partial charge on any atom is -0.477 e. The number of nitrogens with zero attached hydrogens (tertiary/aromatic N) is 2. The average molecular weight is 297 g/mol. The Hall–Kier alpha value is -1.40. The van der Waals surface area contributed by atoms with Crippen LogP contribution >= 0.6 is 27.3 Å². The van der Waals surface area contributed by atoms with Crippen molar-refractivity contribution in [3.8, 4) is 0 Å². The molecule has 3 rings (SSSR count). The Labute approximate surface area is 102 Å². The first-order valence-electron chi connectivity index (χ1n) is 4.46. The molecule has 0 aliphatic carbocycles. The van der Waals surface area contributed by atoms with Crippen LogP contribution in [0.2, 0.25) is 0 Å². The van der Waals surface area contributed by atoms with Gasteiger partial charge in [-0.25, -0.2) is 9.78 Å². The molecule has 0 saturated carbocycles. The number of rotatable bonds is 1. The van der Waals surface area contributed by atoms with Gasteiger partial charge in [-0.1, -0.05) is 0 Å². The van der Waals surface area contributed by atoms with Crippen molar-refractivity contribution in [2.45, 2.75) is 0 Å². The second kappa shape index (κ2) is 3.29. The number of halogens is 1. The molecule has 3 heterocycles. The smallest absolute Gasteiger partial charge is 0.346 e. The third-order valence-corrected chi connectivity index (χ3v) is 3.92. The fourth-order valence-electron chi connectivity index (χ4n) is 1.60. The van der Waals surface area contributed by atoms with Gasteiger partial charge in [0.15, 0.2) is 5.65 Å². The zero-order valence-corrected chi connectivity index (χ0v) is 10.2. The highest BCUT2D eigenvalue weighted by Crippen LogP contribution is 2.28. The highest BCUT2D eigenvalue weighted by Gasteiger charge is 2.14. The molecule has 0 aliphatic rings. The van der Waals surface area contributed by atoms with Crippen LogP contribution in [0.15, 0.2) is 28.9 Å². The normalized spacial score (nSPS) is 11.3. The topological polar surface area (TPSA) is 54.6 Å². The minimum atomic E-state index is -0.910. The molecule has 16 heavy (non-hydrogen) atoms. The molecule has 0 saturated heterocycles. The molecule has 0 amide bonds. The Morgan fingerprint density at radius 3 is 3.12 bits per heavy atom. The molecule has 3 aromatic rings. The molecule has 0 aromatic carbocycles. The van der Waals surface area contributed by atoms with E-state index in [9.17, 15) is 4.79 Å². The van der Waals surface area contributed by atoms with E-state index in [0.29, 0.717) is 4.88 Å². The van der Waals surface area contributed by atoms with Crippen molar-refractivity contribution in [3.05, 3.63) is 33.7 Å². The number of fused-ring (bicyclic) bond motifs is 3. The van der Waals surface area contributed by atoms with Crippen molar-refractivity contribution in [1.29, 1.82) is 0 Å². The molecule has 6 heteroatoms. The number of hydrogen-bond donors (Lipinski definition) is 1. The van der Waals surface area contributed by atoms with Gasteiger partial charge in [0, 0.05) is 6.20 Å². The summed E-state index contributed by atoms with van der Waals surface area (Å²) in [5.74, 6) is -0.910. The molecule has 0 bridgehead atoms. The van der Waals surface area contributed by atoms with Gasteiger partial charge in [0.2, 0.25) is 0 Å². The first-order valence-corrected chi connectivity index (χ1v) is 6.07. The number of carboxylic acids is 1. The van der Waals surface area contributed by atoms with Crippen molar-refractivity contribution < 1.29 is 9.90 Å². The third-order valence-electron chi connectivity index (χ3n) is 2.29. The molecule has 1 N–H and O–H groups in total. The van der Waals surface area contributed by atoms with Gasteiger partial charge in [-0.2, -0.15) is 0 Å². The van der Waals surface area contributed by atoms with Crippen molar-refractivity contribution in [2.24, 2.45) is 0 Å². The maximum absolute atomic E-state index is 10.8. The Morgan fingerprint density at radius 2 is 2.38 bits per heavy atom. The maximum atomic E-state index is 10.8. The van der Waals surface area contributed by atoms with Gasteiger partial charge in [-0.15, -0.1) is 11.3 Å². The van der Waals surface area contributed by atoms with Crippen LogP contribution in [0.4, 0.5) is 0 Å². The van der Waals surface area contributed by atoms with Crippen LogP contribution in [0.5, 0.6) is 0 Å². The lowest BCUT2D eigenvalue weighted by atomic mass is 10.4. The van der Waals surface area contributed by atoms with Gasteiger partial charge in [0.1, 0.15) is 9.71 Å². The number of imidazole rings is 1. The molecule has 0 radical (unpaired) electrons. The summed E-state index contributed by atoms with van der Waals surface area (Å²) in [6.07, 6.45) is 1.87. The van der Waals surface area contributed by atoms with Gasteiger partial charge < -0.3 is 5.11 Å². The molecule has 0 fully saturated rings. The van der Waals surface area contributed by atoms with Crippen LogP contribution in [-0.2, 0) is 0 Å². The molecule has 0 unspecified atom stereocenters. The molecular formula is C10H5BrN2O2S. The van der Waals surface area contributed by atoms with E-state index >= 15 is 0 Å². The summed E-state index contributed by atoms with van der Waals surface area (Å²) >= 11 is 4.60. The van der Waals surface area contributed by atoms with E-state index in [4.69, 9.17) is 5.11 Å². The molecule has 0 spiro atoms. The summed E-state index contributed by atoms with van der Waals surface area (Å²) in [6.45, 7) is 0. The van der Waals surface area contributed by atoms with E-state index in [2.05, 4.69) is 20.9 Å². The average Bonchev–Trinajstić information content (AvgIpc) is 2.76. The fraction of sp³-hybridized carbons (Fsp3) is 0. The number of carbonyl (C=O) groups is 1. The van der Waals surface area contributed by atoms with E-state index in [0.717, 1.165) is 20.5 Å². The predicted octanol–water partition coefficient (Wildman–Crippen LogP) is 3.01. The zero-order chi connectivity index (χ0) is 11.3. The van der Waals surface area contributed by atoms with Gasteiger partial charge in [0.05, 0.1) is 9.99 Å². The number of pyridine rings is 1. The summed E-state index contributed by atoms with van der Waals surface area (Å²) in [5.41, 5.74) is 1.64. The summed E-state index contributed by atoms with van der Waals surface area (Å²) < 4.78 is 2.78. The molecule has 0 atom stereocenters. The number of thiophene rings is 1. The quantitative estimate of drug-likeness (QED) is 0.751. The predicted molar refractivity (Wildman–Crippen MR) is 65.2 cm³/mol. The van der Waals surface area contributed by atoms with Crippen molar-refractivity contribution in [1.82, 2.24) is 9.38 Å². The van der Waals surface area contributed by atoms with Crippen molar-refractivity contribution in [3.63, 3.8) is 0 Å². The van der Waals surface area contributed by atoms with Crippen LogP contribution in [-0.4, -0.2) is 20.5 Å². The van der Waals surface area contributed by atoms with E-state index in [1.807, 2.05) is 22.7 Å². The zero-order valence-electron chi connectivity index (χ0n) is 7.85. The SMILES string of the molecule is O=C(O)c1cc2c(nc3c(Br)cccn32)s1. The van der Waals surface area contributed by atoms with Gasteiger partial charge in [0.25, 0.3) is 0 Å². The number of aromatic carboxylic acids is 1. The summed E-state index contributed by atoms with van der Waals surface area (Å²) in [5, 5.41) is 8.90. The second-order valence-electron chi connectivity index (χ2n) is 3.27. The second-order valence-corrected chi connectivity index (χ2v) is 5.15. The highest BCUT2D eigenvalue weighted by atomic mass is 79.9. The van der Waals surface area contributed by atoms with Crippen LogP contribution in [0.3, 0.4) is 0 Å². The lowest BCUT2D eigenvalue weighted by Crippen LogP contribution is -1.90. The Bertz CT molecular complexity index is 716. The summed E-state index contributed by atoms with van der Waals surface area (Å²) in [4.78, 5) is 16.3. The highest BCUT2D eigenvalue weighted by molar-refractivity contribution is 9.10. The fourth-order valence-corrected chi connectivity index (χ4v) is 2.89. The lowest BCUT2D eigenvalue weighted by Gasteiger charge is -1.94. The van der Waals surface area contributed by atoms with Crippen molar-refractivity contribution >= 4 is 49.2 Å². The molecule has 3 aromatic heterocycles. The molecule has 80 valence electrons. The summed E-state index contributed by atoms with van der Waals surface area (Å²) in [7, 11) is 0. The first kappa shape index (κ1) is 9.80. The maximum Gasteiger partial charge on any atom is 0.346 e. The van der Waals surface area contributed by atoms with E-state index in [1.54, 1.807) is 6.07 Å². The molecular weight excluding hydrogens is 292 g/mol. The van der Waals surface area contributed by atoms with Gasteiger partial charge in [-0.3, -0.25) is 4.40 Å². The van der Waals surface area contributed by atoms with Gasteiger partial charge in [-0.05, 0) is 34.1 Å². The van der Waals surface area contributed by atoms with E-state index in [1.165, 1.54) is 11.3 Å². The van der Waals surface area contributed by atoms with Crippen molar-refractivity contribution in [2.75, 3.05) is 0 Å². The minimum absolute atomic E-state index is 0.312. The van der Waals surface area contributed by atoms with E-state index in [-0.39, 0.29) is 0 Å². The molecule has 4 nitrogen and oxygen atoms in total. The largest absolute Gasteiger partial charge is 0.477 e. The van der Waals surface area contributed by atoms with Gasteiger partial charge >= 0.3 is 5.97 Å². The Balaban J connectivity index is 2.43. The third kappa shape index (κ3) is 1.27. The number of aromatic nitrogens is 2. The Kier molecular flexibility index (Phi) is 2.02. The van der Waals surface area contributed by atoms with Crippen LogP contribution in [0, 0.1) is 0 Å². The van der Waals surface area contributed by atoms with Crippen LogP contribution in [0.1, 0.15) is 9.67 Å². The Morgan fingerprint density at radius 1 is 1.56 bits per heavy atom. The summed E-state index contributed by atoms with van der Waals surface area (Å²) in [6, 6.07) is 5.44. The molecule has 0 aliphatic heterocycles. The van der Waals surface area contributed by atoms with E-state index < -0.39 is 5.97 Å². The number of hydrogen-bond acceptors (Lipinski definition) is 3. The first-order chi connectivity index (χ1) is 7.66. The van der Waals surface area contributed by atoms with Crippen LogP contribution < -0.4 is 0 Å².